The van der Waals surface area contributed by atoms with E-state index in [2.05, 4.69) is 43.5 Å². The molecule has 0 rings (SSSR count). The molecular weight excluding hydrogens is 1040 g/mol. The summed E-state index contributed by atoms with van der Waals surface area (Å²) >= 11 is 0. The molecule has 0 aliphatic heterocycles. The molecule has 0 spiro atoms. The van der Waals surface area contributed by atoms with Crippen molar-refractivity contribution in [3.63, 3.8) is 0 Å². The van der Waals surface area contributed by atoms with Gasteiger partial charge in [0.15, 0.2) is 0 Å². The van der Waals surface area contributed by atoms with Crippen LogP contribution in [-0.4, -0.2) is 47.4 Å². The lowest BCUT2D eigenvalue weighted by atomic mass is 10.0. The Hall–Kier alpha value is -1.92. The maximum atomic E-state index is 12.5. The van der Waals surface area contributed by atoms with Gasteiger partial charge in [0.2, 0.25) is 5.91 Å². The van der Waals surface area contributed by atoms with Gasteiger partial charge in [0.1, 0.15) is 0 Å². The first kappa shape index (κ1) is 83.1. The van der Waals surface area contributed by atoms with Gasteiger partial charge < -0.3 is 20.3 Å². The Balaban J connectivity index is 3.39. The molecule has 0 aromatic heterocycles. The molecule has 0 aromatic carbocycles. The van der Waals surface area contributed by atoms with E-state index in [1.54, 1.807) is 6.08 Å². The predicted molar refractivity (Wildman–Crippen MR) is 375 cm³/mol. The number of hydrogen-bond acceptors (Lipinski definition) is 5. The van der Waals surface area contributed by atoms with E-state index in [0.29, 0.717) is 19.4 Å². The zero-order valence-corrected chi connectivity index (χ0v) is 57.6. The van der Waals surface area contributed by atoms with Gasteiger partial charge in [-0.25, -0.2) is 0 Å². The Morgan fingerprint density at radius 3 is 0.894 bits per heavy atom. The maximum absolute atomic E-state index is 12.5. The van der Waals surface area contributed by atoms with Gasteiger partial charge in [-0.3, -0.25) is 9.59 Å². The highest BCUT2D eigenvalue weighted by atomic mass is 16.5. The van der Waals surface area contributed by atoms with Crippen molar-refractivity contribution < 1.29 is 24.5 Å². The number of hydrogen-bond donors (Lipinski definition) is 3. The largest absolute Gasteiger partial charge is 0.466 e. The number of ether oxygens (including phenoxy) is 1. The number of amides is 1. The van der Waals surface area contributed by atoms with Crippen molar-refractivity contribution in [2.24, 2.45) is 0 Å². The van der Waals surface area contributed by atoms with Gasteiger partial charge in [-0.1, -0.05) is 391 Å². The van der Waals surface area contributed by atoms with Crippen LogP contribution in [0.25, 0.3) is 0 Å². The first-order valence-electron chi connectivity index (χ1n) is 38.8. The molecule has 0 bridgehead atoms. The van der Waals surface area contributed by atoms with Crippen LogP contribution in [0.2, 0.25) is 0 Å². The number of rotatable bonds is 73. The molecule has 6 heteroatoms. The number of allylic oxidation sites excluding steroid dienone is 5. The average molecular weight is 1200 g/mol. The highest BCUT2D eigenvalue weighted by Crippen LogP contribution is 2.19. The number of nitrogens with one attached hydrogen (secondary N) is 1. The van der Waals surface area contributed by atoms with Crippen LogP contribution in [0.1, 0.15) is 431 Å². The normalized spacial score (nSPS) is 12.7. The van der Waals surface area contributed by atoms with E-state index in [9.17, 15) is 19.8 Å². The second kappa shape index (κ2) is 74.5. The SMILES string of the molecule is CCCCCCCCCCCCCCCCCCCC/C=C/C(O)C(CO)NC(=O)CCCCCCCCCCCCCCCCCCC/C=C\C/C=C\CCCCCCCCCCCCCOC(=O)CCCCCCCCCCCCCCC. The predicted octanol–water partition coefficient (Wildman–Crippen LogP) is 25.4. The molecule has 0 heterocycles. The number of unbranched alkanes of at least 4 members (excludes halogenated alkanes) is 58. The summed E-state index contributed by atoms with van der Waals surface area (Å²) < 4.78 is 5.49. The topological polar surface area (TPSA) is 95.9 Å². The third kappa shape index (κ3) is 71.0. The van der Waals surface area contributed by atoms with Crippen molar-refractivity contribution in [2.45, 2.75) is 443 Å². The van der Waals surface area contributed by atoms with Crippen LogP contribution >= 0.6 is 0 Å². The van der Waals surface area contributed by atoms with E-state index < -0.39 is 12.1 Å². The number of carbonyl (C=O) groups is 2. The summed E-state index contributed by atoms with van der Waals surface area (Å²) in [4.78, 5) is 24.6. The molecule has 502 valence electrons. The Morgan fingerprint density at radius 1 is 0.329 bits per heavy atom. The number of aliphatic hydroxyl groups excluding tert-OH is 2. The van der Waals surface area contributed by atoms with Crippen molar-refractivity contribution in [2.75, 3.05) is 13.2 Å². The Kier molecular flexibility index (Phi) is 72.9. The van der Waals surface area contributed by atoms with Gasteiger partial charge in [0.05, 0.1) is 25.4 Å². The van der Waals surface area contributed by atoms with Crippen molar-refractivity contribution in [1.82, 2.24) is 5.32 Å². The number of carbonyl (C=O) groups excluding carboxylic acids is 2. The van der Waals surface area contributed by atoms with Crippen LogP contribution in [0, 0.1) is 0 Å². The standard InChI is InChI=1S/C79H151NO5/c1-3-5-7-9-11-13-15-17-18-19-20-38-41-44-48-51-55-59-63-67-71-77(82)76(75-81)80-78(83)72-68-64-60-56-52-49-45-42-39-36-34-32-30-28-26-24-22-21-23-25-27-29-31-33-35-37-40-43-46-50-54-58-62-66-70-74-85-79(84)73-69-65-61-57-53-47-16-14-12-10-8-6-4-2/h23,25,29,31,67,71,76-77,81-82H,3-22,24,26-28,30,32-66,68-70,72-75H2,1-2H3,(H,80,83)/b25-23-,31-29-,71-67+. The quantitative estimate of drug-likeness (QED) is 0.0320. The van der Waals surface area contributed by atoms with Crippen LogP contribution in [0.4, 0.5) is 0 Å². The van der Waals surface area contributed by atoms with Crippen molar-refractivity contribution in [3.8, 4) is 0 Å². The van der Waals surface area contributed by atoms with Gasteiger partial charge in [-0.15, -0.1) is 0 Å². The van der Waals surface area contributed by atoms with Crippen molar-refractivity contribution in [3.05, 3.63) is 36.5 Å². The molecule has 0 aromatic rings. The summed E-state index contributed by atoms with van der Waals surface area (Å²) in [6.45, 7) is 4.95. The first-order chi connectivity index (χ1) is 42.0. The molecule has 0 saturated heterocycles. The zero-order valence-electron chi connectivity index (χ0n) is 57.6. The minimum Gasteiger partial charge on any atom is -0.466 e. The second-order valence-corrected chi connectivity index (χ2v) is 26.7. The van der Waals surface area contributed by atoms with Gasteiger partial charge in [-0.2, -0.15) is 0 Å². The minimum absolute atomic E-state index is 0.0187. The van der Waals surface area contributed by atoms with E-state index >= 15 is 0 Å². The van der Waals surface area contributed by atoms with Crippen LogP contribution in [0.3, 0.4) is 0 Å². The Morgan fingerprint density at radius 2 is 0.588 bits per heavy atom. The lowest BCUT2D eigenvalue weighted by Crippen LogP contribution is -2.45. The molecule has 0 radical (unpaired) electrons. The highest BCUT2D eigenvalue weighted by Gasteiger charge is 2.18. The molecule has 85 heavy (non-hydrogen) atoms. The van der Waals surface area contributed by atoms with Crippen molar-refractivity contribution in [1.29, 1.82) is 0 Å². The van der Waals surface area contributed by atoms with Gasteiger partial charge >= 0.3 is 5.97 Å². The lowest BCUT2D eigenvalue weighted by molar-refractivity contribution is -0.143. The maximum Gasteiger partial charge on any atom is 0.305 e. The number of aliphatic hydroxyl groups is 2. The van der Waals surface area contributed by atoms with Crippen LogP contribution < -0.4 is 5.32 Å². The average Bonchev–Trinajstić information content (AvgIpc) is 3.53. The lowest BCUT2D eigenvalue weighted by Gasteiger charge is -2.20. The summed E-state index contributed by atoms with van der Waals surface area (Å²) in [5.74, 6) is -0.0428. The molecule has 2 unspecified atom stereocenters. The summed E-state index contributed by atoms with van der Waals surface area (Å²) in [6.07, 6.45) is 96.9. The smallest absolute Gasteiger partial charge is 0.305 e. The van der Waals surface area contributed by atoms with E-state index in [1.165, 1.54) is 360 Å². The van der Waals surface area contributed by atoms with Crippen molar-refractivity contribution >= 4 is 11.9 Å². The third-order valence-corrected chi connectivity index (χ3v) is 18.2. The van der Waals surface area contributed by atoms with Gasteiger partial charge in [-0.05, 0) is 64.2 Å². The second-order valence-electron chi connectivity index (χ2n) is 26.7. The highest BCUT2D eigenvalue weighted by molar-refractivity contribution is 5.76. The summed E-state index contributed by atoms with van der Waals surface area (Å²) in [5, 5.41) is 23.3. The zero-order chi connectivity index (χ0) is 61.3. The van der Waals surface area contributed by atoms with E-state index in [4.69, 9.17) is 4.74 Å². The van der Waals surface area contributed by atoms with Crippen LogP contribution in [-0.2, 0) is 14.3 Å². The number of esters is 1. The molecule has 0 aliphatic rings. The minimum atomic E-state index is -0.844. The van der Waals surface area contributed by atoms with E-state index in [1.807, 2.05) is 6.08 Å². The monoisotopic (exact) mass is 1190 g/mol. The molecule has 0 fully saturated rings. The van der Waals surface area contributed by atoms with E-state index in [0.717, 1.165) is 44.9 Å². The van der Waals surface area contributed by atoms with Gasteiger partial charge in [0.25, 0.3) is 0 Å². The molecule has 6 nitrogen and oxygen atoms in total. The fraction of sp³-hybridized carbons (Fsp3) is 0.899. The van der Waals surface area contributed by atoms with Crippen LogP contribution in [0.15, 0.2) is 36.5 Å². The summed E-state index contributed by atoms with van der Waals surface area (Å²) in [6, 6.07) is -0.627. The molecule has 3 N–H and O–H groups in total. The molecule has 1 amide bonds. The molecule has 0 saturated carbocycles. The third-order valence-electron chi connectivity index (χ3n) is 18.2. The Labute approximate surface area is 532 Å². The molecular formula is C79H151NO5. The van der Waals surface area contributed by atoms with Gasteiger partial charge in [0, 0.05) is 12.8 Å². The van der Waals surface area contributed by atoms with E-state index in [-0.39, 0.29) is 18.5 Å². The molecule has 0 aliphatic carbocycles. The fourth-order valence-corrected chi connectivity index (χ4v) is 12.3. The summed E-state index contributed by atoms with van der Waals surface area (Å²) in [7, 11) is 0. The molecule has 2 atom stereocenters. The first-order valence-corrected chi connectivity index (χ1v) is 38.8. The summed E-state index contributed by atoms with van der Waals surface area (Å²) in [5.41, 5.74) is 0. The van der Waals surface area contributed by atoms with Crippen LogP contribution in [0.5, 0.6) is 0 Å². The fourth-order valence-electron chi connectivity index (χ4n) is 12.3. The Bertz CT molecular complexity index is 1380.